The van der Waals surface area contributed by atoms with E-state index in [0.717, 1.165) is 19.5 Å². The summed E-state index contributed by atoms with van der Waals surface area (Å²) in [5.41, 5.74) is 10.2. The van der Waals surface area contributed by atoms with Crippen molar-refractivity contribution in [1.29, 1.82) is 0 Å². The molecule has 70 valence electrons. The number of hydrogen-bond acceptors (Lipinski definition) is 3. The van der Waals surface area contributed by atoms with Crippen molar-refractivity contribution in [2.24, 2.45) is 17.4 Å². The molecule has 1 fully saturated rings. The second kappa shape index (κ2) is 3.03. The van der Waals surface area contributed by atoms with E-state index < -0.39 is 11.4 Å². The molecule has 4 heteroatoms. The molecular formula is C8H17N3O. The van der Waals surface area contributed by atoms with E-state index in [9.17, 15) is 4.79 Å². The average molecular weight is 171 g/mol. The number of primary amides is 1. The Hall–Kier alpha value is -0.610. The fourth-order valence-corrected chi connectivity index (χ4v) is 1.63. The van der Waals surface area contributed by atoms with Crippen molar-refractivity contribution < 1.29 is 4.79 Å². The third-order valence-corrected chi connectivity index (χ3v) is 2.77. The number of nitrogens with two attached hydrogens (primary N) is 2. The normalized spacial score (nSPS) is 30.1. The van der Waals surface area contributed by atoms with Crippen LogP contribution >= 0.6 is 0 Å². The third kappa shape index (κ3) is 1.59. The van der Waals surface area contributed by atoms with E-state index in [0.29, 0.717) is 0 Å². The van der Waals surface area contributed by atoms with Gasteiger partial charge in [-0.05, 0) is 32.9 Å². The Balaban J connectivity index is 2.63. The molecule has 2 unspecified atom stereocenters. The highest BCUT2D eigenvalue weighted by Gasteiger charge is 2.38. The first-order chi connectivity index (χ1) is 5.44. The number of carbonyl (C=O) groups excluding carboxylic acids is 1. The van der Waals surface area contributed by atoms with Gasteiger partial charge in [-0.25, -0.2) is 0 Å². The van der Waals surface area contributed by atoms with Crippen LogP contribution in [0.4, 0.5) is 0 Å². The van der Waals surface area contributed by atoms with Gasteiger partial charge in [0.15, 0.2) is 0 Å². The first-order valence-corrected chi connectivity index (χ1v) is 4.22. The molecule has 1 aliphatic rings. The first kappa shape index (κ1) is 9.48. The fraction of sp³-hybridized carbons (Fsp3) is 0.875. The molecule has 0 aromatic carbocycles. The molecule has 1 saturated heterocycles. The molecule has 4 N–H and O–H groups in total. The van der Waals surface area contributed by atoms with Crippen LogP contribution in [0.2, 0.25) is 0 Å². The standard InChI is InChI=1S/C8H17N3O/c1-8(10,7(9)12)6-3-4-11(2)5-6/h6H,3-5,10H2,1-2H3,(H2,9,12). The number of carbonyl (C=O) groups is 1. The van der Waals surface area contributed by atoms with Crippen LogP contribution in [0.5, 0.6) is 0 Å². The molecule has 0 spiro atoms. The minimum Gasteiger partial charge on any atom is -0.368 e. The Morgan fingerprint density at radius 1 is 1.67 bits per heavy atom. The third-order valence-electron chi connectivity index (χ3n) is 2.77. The van der Waals surface area contributed by atoms with Crippen molar-refractivity contribution in [2.75, 3.05) is 20.1 Å². The number of rotatable bonds is 2. The highest BCUT2D eigenvalue weighted by atomic mass is 16.1. The van der Waals surface area contributed by atoms with Gasteiger partial charge < -0.3 is 16.4 Å². The summed E-state index contributed by atoms with van der Waals surface area (Å²) in [4.78, 5) is 13.2. The van der Waals surface area contributed by atoms with Gasteiger partial charge in [0, 0.05) is 6.54 Å². The maximum absolute atomic E-state index is 11.0. The minimum absolute atomic E-state index is 0.208. The Labute approximate surface area is 72.9 Å². The number of nitrogens with zero attached hydrogens (tertiary/aromatic N) is 1. The Morgan fingerprint density at radius 2 is 2.25 bits per heavy atom. The molecule has 1 aliphatic heterocycles. The number of amides is 1. The lowest BCUT2D eigenvalue weighted by molar-refractivity contribution is -0.124. The van der Waals surface area contributed by atoms with E-state index in [1.807, 2.05) is 7.05 Å². The summed E-state index contributed by atoms with van der Waals surface area (Å²) in [6, 6.07) is 0. The quantitative estimate of drug-likeness (QED) is 0.568. The molecule has 0 aromatic heterocycles. The van der Waals surface area contributed by atoms with Crippen LogP contribution in [0.25, 0.3) is 0 Å². The molecule has 1 heterocycles. The van der Waals surface area contributed by atoms with Gasteiger partial charge in [-0.1, -0.05) is 0 Å². The van der Waals surface area contributed by atoms with E-state index in [4.69, 9.17) is 11.5 Å². The number of hydrogen-bond donors (Lipinski definition) is 2. The van der Waals surface area contributed by atoms with Gasteiger partial charge in [0.05, 0.1) is 5.54 Å². The summed E-state index contributed by atoms with van der Waals surface area (Å²) in [5.74, 6) is -0.192. The molecule has 0 saturated carbocycles. The van der Waals surface area contributed by atoms with Crippen LogP contribution in [0.1, 0.15) is 13.3 Å². The van der Waals surface area contributed by atoms with Crippen LogP contribution in [-0.4, -0.2) is 36.5 Å². The molecule has 4 nitrogen and oxygen atoms in total. The Kier molecular flexibility index (Phi) is 2.39. The van der Waals surface area contributed by atoms with Gasteiger partial charge in [0.2, 0.25) is 5.91 Å². The summed E-state index contributed by atoms with van der Waals surface area (Å²) in [7, 11) is 2.02. The lowest BCUT2D eigenvalue weighted by atomic mass is 9.85. The van der Waals surface area contributed by atoms with Gasteiger partial charge in [0.1, 0.15) is 0 Å². The topological polar surface area (TPSA) is 72.3 Å². The maximum atomic E-state index is 11.0. The van der Waals surface area contributed by atoms with E-state index in [2.05, 4.69) is 4.90 Å². The lowest BCUT2D eigenvalue weighted by Gasteiger charge is -2.27. The highest BCUT2D eigenvalue weighted by Crippen LogP contribution is 2.24. The molecule has 12 heavy (non-hydrogen) atoms. The molecule has 0 bridgehead atoms. The van der Waals surface area contributed by atoms with Crippen LogP contribution in [0, 0.1) is 5.92 Å². The van der Waals surface area contributed by atoms with E-state index in [-0.39, 0.29) is 5.92 Å². The van der Waals surface area contributed by atoms with Crippen LogP contribution < -0.4 is 11.5 Å². The van der Waals surface area contributed by atoms with Crippen molar-refractivity contribution in [3.63, 3.8) is 0 Å². The zero-order valence-corrected chi connectivity index (χ0v) is 7.71. The first-order valence-electron chi connectivity index (χ1n) is 4.22. The fourth-order valence-electron chi connectivity index (χ4n) is 1.63. The summed E-state index contributed by atoms with van der Waals surface area (Å²) in [5, 5.41) is 0. The second-order valence-electron chi connectivity index (χ2n) is 3.89. The molecule has 1 rings (SSSR count). The van der Waals surface area contributed by atoms with Crippen molar-refractivity contribution >= 4 is 5.91 Å². The van der Waals surface area contributed by atoms with Crippen LogP contribution in [0.15, 0.2) is 0 Å². The summed E-state index contributed by atoms with van der Waals surface area (Å²) in [6.45, 7) is 3.60. The SMILES string of the molecule is CN1CCC(C(C)(N)C(N)=O)C1. The predicted molar refractivity (Wildman–Crippen MR) is 47.4 cm³/mol. The highest BCUT2D eigenvalue weighted by molar-refractivity contribution is 5.84. The molecular weight excluding hydrogens is 154 g/mol. The molecule has 2 atom stereocenters. The van der Waals surface area contributed by atoms with Gasteiger partial charge in [-0.15, -0.1) is 0 Å². The van der Waals surface area contributed by atoms with Gasteiger partial charge in [0.25, 0.3) is 0 Å². The van der Waals surface area contributed by atoms with Crippen LogP contribution in [-0.2, 0) is 4.79 Å². The summed E-state index contributed by atoms with van der Waals surface area (Å²) in [6.07, 6.45) is 0.965. The van der Waals surface area contributed by atoms with Gasteiger partial charge in [-0.3, -0.25) is 4.79 Å². The van der Waals surface area contributed by atoms with E-state index >= 15 is 0 Å². The Morgan fingerprint density at radius 3 is 2.58 bits per heavy atom. The summed E-state index contributed by atoms with van der Waals surface area (Å²) >= 11 is 0. The molecule has 0 radical (unpaired) electrons. The molecule has 1 amide bonds. The summed E-state index contributed by atoms with van der Waals surface area (Å²) < 4.78 is 0. The molecule has 0 aliphatic carbocycles. The van der Waals surface area contributed by atoms with E-state index in [1.54, 1.807) is 6.92 Å². The van der Waals surface area contributed by atoms with Crippen molar-refractivity contribution in [3.8, 4) is 0 Å². The average Bonchev–Trinajstić information content (AvgIpc) is 2.35. The van der Waals surface area contributed by atoms with Crippen molar-refractivity contribution in [1.82, 2.24) is 4.90 Å². The monoisotopic (exact) mass is 171 g/mol. The second-order valence-corrected chi connectivity index (χ2v) is 3.89. The maximum Gasteiger partial charge on any atom is 0.237 e. The van der Waals surface area contributed by atoms with Crippen LogP contribution in [0.3, 0.4) is 0 Å². The van der Waals surface area contributed by atoms with Crippen molar-refractivity contribution in [3.05, 3.63) is 0 Å². The van der Waals surface area contributed by atoms with Gasteiger partial charge in [-0.2, -0.15) is 0 Å². The van der Waals surface area contributed by atoms with E-state index in [1.165, 1.54) is 0 Å². The number of likely N-dealkylation sites (tertiary alicyclic amines) is 1. The van der Waals surface area contributed by atoms with Gasteiger partial charge >= 0.3 is 0 Å². The van der Waals surface area contributed by atoms with Crippen molar-refractivity contribution in [2.45, 2.75) is 18.9 Å². The Bertz CT molecular complexity index is 191. The zero-order valence-electron chi connectivity index (χ0n) is 7.71. The smallest absolute Gasteiger partial charge is 0.237 e. The largest absolute Gasteiger partial charge is 0.368 e. The molecule has 0 aromatic rings. The minimum atomic E-state index is -0.842. The predicted octanol–water partition coefficient (Wildman–Crippen LogP) is -0.859. The zero-order chi connectivity index (χ0) is 9.35. The lowest BCUT2D eigenvalue weighted by Crippen LogP contribution is -2.55.